The van der Waals surface area contributed by atoms with Crippen LogP contribution in [-0.4, -0.2) is 28.9 Å². The van der Waals surface area contributed by atoms with Gasteiger partial charge in [0.05, 0.1) is 12.0 Å². The summed E-state index contributed by atoms with van der Waals surface area (Å²) in [7, 11) is 1.69. The van der Waals surface area contributed by atoms with E-state index < -0.39 is 17.9 Å². The van der Waals surface area contributed by atoms with Crippen molar-refractivity contribution in [2.45, 2.75) is 32.2 Å². The lowest BCUT2D eigenvalue weighted by Gasteiger charge is -2.31. The number of aryl methyl sites for hydroxylation is 1. The summed E-state index contributed by atoms with van der Waals surface area (Å²) in [5, 5.41) is 9.49. The van der Waals surface area contributed by atoms with Gasteiger partial charge in [0.1, 0.15) is 0 Å². The molecule has 2 atom stereocenters. The molecule has 1 aliphatic heterocycles. The predicted octanol–water partition coefficient (Wildman–Crippen LogP) is 3.14. The molecular weight excluding hydrogens is 322 g/mol. The summed E-state index contributed by atoms with van der Waals surface area (Å²) in [5.74, 6) is -1.40. The van der Waals surface area contributed by atoms with Crippen molar-refractivity contribution in [3.63, 3.8) is 0 Å². The van der Waals surface area contributed by atoms with Crippen molar-refractivity contribution in [1.82, 2.24) is 4.90 Å². The van der Waals surface area contributed by atoms with Gasteiger partial charge in [-0.3, -0.25) is 9.59 Å². The molecule has 5 heteroatoms. The molecule has 1 heterocycles. The zero-order valence-corrected chi connectivity index (χ0v) is 13.2. The van der Waals surface area contributed by atoms with Crippen molar-refractivity contribution < 1.29 is 14.7 Å². The summed E-state index contributed by atoms with van der Waals surface area (Å²) < 4.78 is 0.857. The molecule has 1 aliphatic rings. The van der Waals surface area contributed by atoms with Gasteiger partial charge in [0.2, 0.25) is 5.91 Å². The first-order valence-corrected chi connectivity index (χ1v) is 7.45. The van der Waals surface area contributed by atoms with Crippen molar-refractivity contribution in [2.75, 3.05) is 7.05 Å². The molecule has 2 unspecified atom stereocenters. The van der Waals surface area contributed by atoms with Crippen LogP contribution in [0.5, 0.6) is 0 Å². The number of carboxylic acids is 1. The SMILES string of the molecule is Cc1ccc(C2C(C(=O)O)CCCC(=O)N2C)c(Br)c1. The molecule has 0 spiro atoms. The number of amides is 1. The fourth-order valence-corrected chi connectivity index (χ4v) is 3.52. The smallest absolute Gasteiger partial charge is 0.308 e. The first-order valence-electron chi connectivity index (χ1n) is 6.66. The van der Waals surface area contributed by atoms with Crippen LogP contribution < -0.4 is 0 Å². The Balaban J connectivity index is 2.50. The number of aliphatic carboxylic acids is 1. The molecule has 1 amide bonds. The van der Waals surface area contributed by atoms with Crippen molar-refractivity contribution >= 4 is 27.8 Å². The van der Waals surface area contributed by atoms with Gasteiger partial charge in [-0.2, -0.15) is 0 Å². The Kier molecular flexibility index (Phi) is 4.48. The van der Waals surface area contributed by atoms with E-state index in [1.165, 1.54) is 0 Å². The van der Waals surface area contributed by atoms with E-state index in [0.717, 1.165) is 15.6 Å². The first kappa shape index (κ1) is 15.0. The summed E-state index contributed by atoms with van der Waals surface area (Å²) in [4.78, 5) is 25.2. The Labute approximate surface area is 126 Å². The molecule has 1 N–H and O–H groups in total. The molecule has 1 saturated heterocycles. The van der Waals surface area contributed by atoms with E-state index in [0.29, 0.717) is 19.3 Å². The number of halogens is 1. The Morgan fingerprint density at radius 3 is 2.75 bits per heavy atom. The van der Waals surface area contributed by atoms with Crippen LogP contribution in [0.2, 0.25) is 0 Å². The molecule has 1 aromatic rings. The molecule has 4 nitrogen and oxygen atoms in total. The van der Waals surface area contributed by atoms with Gasteiger partial charge in [-0.1, -0.05) is 28.1 Å². The minimum Gasteiger partial charge on any atom is -0.481 e. The zero-order valence-electron chi connectivity index (χ0n) is 11.6. The van der Waals surface area contributed by atoms with Gasteiger partial charge in [-0.15, -0.1) is 0 Å². The predicted molar refractivity (Wildman–Crippen MR) is 79.4 cm³/mol. The number of likely N-dealkylation sites (tertiary alicyclic amines) is 1. The molecule has 108 valence electrons. The molecule has 2 rings (SSSR count). The first-order chi connectivity index (χ1) is 9.41. The number of carboxylic acid groups (broad SMARTS) is 1. The lowest BCUT2D eigenvalue weighted by atomic mass is 9.89. The second-order valence-electron chi connectivity index (χ2n) is 5.31. The molecule has 0 saturated carbocycles. The third-order valence-corrected chi connectivity index (χ3v) is 4.58. The van der Waals surface area contributed by atoms with E-state index in [1.54, 1.807) is 11.9 Å². The lowest BCUT2D eigenvalue weighted by Crippen LogP contribution is -2.36. The van der Waals surface area contributed by atoms with Crippen LogP contribution in [0, 0.1) is 12.8 Å². The Morgan fingerprint density at radius 1 is 1.45 bits per heavy atom. The van der Waals surface area contributed by atoms with Crippen LogP contribution in [0.1, 0.15) is 36.4 Å². The van der Waals surface area contributed by atoms with Crippen LogP contribution in [0.25, 0.3) is 0 Å². The minimum absolute atomic E-state index is 0.00576. The third-order valence-electron chi connectivity index (χ3n) is 3.89. The topological polar surface area (TPSA) is 57.6 Å². The quantitative estimate of drug-likeness (QED) is 0.900. The van der Waals surface area contributed by atoms with E-state index in [9.17, 15) is 14.7 Å². The van der Waals surface area contributed by atoms with Crippen LogP contribution in [0.3, 0.4) is 0 Å². The zero-order chi connectivity index (χ0) is 14.9. The highest BCUT2D eigenvalue weighted by Crippen LogP contribution is 2.38. The van der Waals surface area contributed by atoms with Gasteiger partial charge < -0.3 is 10.0 Å². The van der Waals surface area contributed by atoms with Crippen molar-refractivity contribution in [2.24, 2.45) is 5.92 Å². The maximum absolute atomic E-state index is 12.1. The third kappa shape index (κ3) is 2.87. The van der Waals surface area contributed by atoms with Crippen LogP contribution in [0.4, 0.5) is 0 Å². The van der Waals surface area contributed by atoms with Crippen molar-refractivity contribution in [3.8, 4) is 0 Å². The summed E-state index contributed by atoms with van der Waals surface area (Å²) in [5.41, 5.74) is 1.95. The van der Waals surface area contributed by atoms with Gasteiger partial charge in [0, 0.05) is 17.9 Å². The Morgan fingerprint density at radius 2 is 2.15 bits per heavy atom. The standard InChI is InChI=1S/C15H18BrNO3/c1-9-6-7-10(12(16)8-9)14-11(15(19)20)4-3-5-13(18)17(14)2/h6-8,11,14H,3-5H2,1-2H3,(H,19,20). The normalized spacial score (nSPS) is 23.6. The number of carbonyl (C=O) groups excluding carboxylic acids is 1. The Hall–Kier alpha value is -1.36. The highest BCUT2D eigenvalue weighted by Gasteiger charge is 2.37. The van der Waals surface area contributed by atoms with E-state index in [1.807, 2.05) is 25.1 Å². The Bertz CT molecular complexity index is 544. The number of benzene rings is 1. The molecular formula is C15H18BrNO3. The highest BCUT2D eigenvalue weighted by atomic mass is 79.9. The molecule has 0 aliphatic carbocycles. The monoisotopic (exact) mass is 339 g/mol. The minimum atomic E-state index is -0.843. The van der Waals surface area contributed by atoms with Gasteiger partial charge in [0.25, 0.3) is 0 Å². The van der Waals surface area contributed by atoms with Crippen LogP contribution in [-0.2, 0) is 9.59 Å². The van der Waals surface area contributed by atoms with E-state index in [4.69, 9.17) is 0 Å². The number of nitrogens with zero attached hydrogens (tertiary/aromatic N) is 1. The molecule has 0 radical (unpaired) electrons. The molecule has 0 aromatic heterocycles. The largest absolute Gasteiger partial charge is 0.481 e. The molecule has 0 bridgehead atoms. The fourth-order valence-electron chi connectivity index (χ4n) is 2.79. The average molecular weight is 340 g/mol. The number of carbonyl (C=O) groups is 2. The van der Waals surface area contributed by atoms with E-state index >= 15 is 0 Å². The lowest BCUT2D eigenvalue weighted by molar-refractivity contribution is -0.145. The molecule has 1 aromatic carbocycles. The van der Waals surface area contributed by atoms with E-state index in [-0.39, 0.29) is 5.91 Å². The summed E-state index contributed by atoms with van der Waals surface area (Å²) in [6.45, 7) is 1.98. The van der Waals surface area contributed by atoms with Crippen LogP contribution >= 0.6 is 15.9 Å². The average Bonchev–Trinajstić information content (AvgIpc) is 2.51. The second kappa shape index (κ2) is 5.95. The number of hydrogen-bond donors (Lipinski definition) is 1. The maximum atomic E-state index is 12.1. The van der Waals surface area contributed by atoms with Gasteiger partial charge >= 0.3 is 5.97 Å². The van der Waals surface area contributed by atoms with Crippen molar-refractivity contribution in [1.29, 1.82) is 0 Å². The second-order valence-corrected chi connectivity index (χ2v) is 6.17. The van der Waals surface area contributed by atoms with Gasteiger partial charge in [-0.25, -0.2) is 0 Å². The van der Waals surface area contributed by atoms with Gasteiger partial charge in [-0.05, 0) is 37.0 Å². The van der Waals surface area contributed by atoms with Gasteiger partial charge in [0.15, 0.2) is 0 Å². The number of rotatable bonds is 2. The van der Waals surface area contributed by atoms with Crippen molar-refractivity contribution in [3.05, 3.63) is 33.8 Å². The number of hydrogen-bond acceptors (Lipinski definition) is 2. The summed E-state index contributed by atoms with van der Waals surface area (Å²) in [6, 6.07) is 5.40. The summed E-state index contributed by atoms with van der Waals surface area (Å²) >= 11 is 3.50. The highest BCUT2D eigenvalue weighted by molar-refractivity contribution is 9.10. The fraction of sp³-hybridized carbons (Fsp3) is 0.467. The molecule has 20 heavy (non-hydrogen) atoms. The summed E-state index contributed by atoms with van der Waals surface area (Å²) in [6.07, 6.45) is 1.57. The maximum Gasteiger partial charge on any atom is 0.308 e. The van der Waals surface area contributed by atoms with Crippen LogP contribution in [0.15, 0.2) is 22.7 Å². The molecule has 1 fully saturated rings. The van der Waals surface area contributed by atoms with E-state index in [2.05, 4.69) is 15.9 Å².